The standard InChI is InChI=1S/C15H24N2O2S/c1-3-13-6-7-14(20-13)9-16-15(19)17-8-4-5-12(10-17)11(2)18/h6-7,11-12,18H,3-5,8-10H2,1-2H3,(H,16,19). The molecule has 5 heteroatoms. The minimum absolute atomic E-state index is 0.0122. The lowest BCUT2D eigenvalue weighted by Crippen LogP contribution is -2.47. The van der Waals surface area contributed by atoms with Gasteiger partial charge in [0, 0.05) is 28.8 Å². The van der Waals surface area contributed by atoms with E-state index in [0.29, 0.717) is 13.1 Å². The van der Waals surface area contributed by atoms with Crippen LogP contribution in [0.3, 0.4) is 0 Å². The van der Waals surface area contributed by atoms with Crippen LogP contribution in [-0.4, -0.2) is 35.2 Å². The van der Waals surface area contributed by atoms with E-state index in [-0.39, 0.29) is 18.1 Å². The van der Waals surface area contributed by atoms with Crippen LogP contribution in [0.5, 0.6) is 0 Å². The van der Waals surface area contributed by atoms with Crippen molar-refractivity contribution < 1.29 is 9.90 Å². The van der Waals surface area contributed by atoms with Gasteiger partial charge in [-0.1, -0.05) is 6.92 Å². The Kier molecular flexibility index (Phi) is 5.43. The van der Waals surface area contributed by atoms with Crippen molar-refractivity contribution >= 4 is 17.4 Å². The molecule has 2 rings (SSSR count). The summed E-state index contributed by atoms with van der Waals surface area (Å²) in [4.78, 5) is 16.5. The summed E-state index contributed by atoms with van der Waals surface area (Å²) in [6.45, 7) is 6.00. The number of rotatable bonds is 4. The van der Waals surface area contributed by atoms with Crippen LogP contribution < -0.4 is 5.32 Å². The van der Waals surface area contributed by atoms with Crippen LogP contribution in [0.15, 0.2) is 12.1 Å². The lowest BCUT2D eigenvalue weighted by molar-refractivity contribution is 0.0739. The Hall–Kier alpha value is -1.07. The van der Waals surface area contributed by atoms with E-state index in [1.54, 1.807) is 11.3 Å². The second-order valence-electron chi connectivity index (χ2n) is 5.47. The molecule has 1 saturated heterocycles. The summed E-state index contributed by atoms with van der Waals surface area (Å²) in [6.07, 6.45) is 2.68. The number of urea groups is 1. The van der Waals surface area contributed by atoms with Crippen LogP contribution in [0, 0.1) is 5.92 Å². The van der Waals surface area contributed by atoms with Gasteiger partial charge in [0.1, 0.15) is 0 Å². The number of nitrogens with one attached hydrogen (secondary N) is 1. The highest BCUT2D eigenvalue weighted by atomic mass is 32.1. The van der Waals surface area contributed by atoms with Crippen LogP contribution in [0.25, 0.3) is 0 Å². The molecule has 0 aliphatic carbocycles. The second kappa shape index (κ2) is 7.09. The van der Waals surface area contributed by atoms with Gasteiger partial charge in [0.05, 0.1) is 12.6 Å². The first-order valence-corrected chi connectivity index (χ1v) is 8.20. The third-order valence-corrected chi connectivity index (χ3v) is 5.14. The van der Waals surface area contributed by atoms with E-state index in [2.05, 4.69) is 24.4 Å². The average Bonchev–Trinajstić information content (AvgIpc) is 2.93. The fraction of sp³-hybridized carbons (Fsp3) is 0.667. The van der Waals surface area contributed by atoms with Crippen molar-refractivity contribution in [1.82, 2.24) is 10.2 Å². The van der Waals surface area contributed by atoms with E-state index in [1.165, 1.54) is 9.75 Å². The van der Waals surface area contributed by atoms with Crippen LogP contribution >= 0.6 is 11.3 Å². The van der Waals surface area contributed by atoms with Crippen molar-refractivity contribution in [3.63, 3.8) is 0 Å². The smallest absolute Gasteiger partial charge is 0.317 e. The number of nitrogens with zero attached hydrogens (tertiary/aromatic N) is 1. The molecule has 2 atom stereocenters. The number of likely N-dealkylation sites (tertiary alicyclic amines) is 1. The molecular formula is C15H24N2O2S. The Morgan fingerprint density at radius 3 is 2.95 bits per heavy atom. The van der Waals surface area contributed by atoms with Gasteiger partial charge in [-0.2, -0.15) is 0 Å². The normalized spacial score (nSPS) is 20.8. The molecule has 112 valence electrons. The van der Waals surface area contributed by atoms with E-state index in [1.807, 2.05) is 11.8 Å². The highest BCUT2D eigenvalue weighted by molar-refractivity contribution is 7.11. The van der Waals surface area contributed by atoms with Crippen LogP contribution in [0.4, 0.5) is 4.79 Å². The van der Waals surface area contributed by atoms with E-state index in [9.17, 15) is 9.90 Å². The molecule has 2 heterocycles. The molecule has 20 heavy (non-hydrogen) atoms. The molecule has 0 spiro atoms. The third kappa shape index (κ3) is 3.96. The summed E-state index contributed by atoms with van der Waals surface area (Å²) in [5.41, 5.74) is 0. The van der Waals surface area contributed by atoms with E-state index in [0.717, 1.165) is 25.8 Å². The first-order valence-electron chi connectivity index (χ1n) is 7.38. The molecule has 0 radical (unpaired) electrons. The van der Waals surface area contributed by atoms with Crippen molar-refractivity contribution in [2.75, 3.05) is 13.1 Å². The van der Waals surface area contributed by atoms with Crippen molar-refractivity contribution in [1.29, 1.82) is 0 Å². The quantitative estimate of drug-likeness (QED) is 0.897. The first-order chi connectivity index (χ1) is 9.60. The summed E-state index contributed by atoms with van der Waals surface area (Å²) in [7, 11) is 0. The van der Waals surface area contributed by atoms with E-state index >= 15 is 0 Å². The van der Waals surface area contributed by atoms with Gasteiger partial charge in [0.15, 0.2) is 0 Å². The fourth-order valence-electron chi connectivity index (χ4n) is 2.57. The van der Waals surface area contributed by atoms with Crippen molar-refractivity contribution in [2.24, 2.45) is 5.92 Å². The molecule has 1 aromatic rings. The number of piperidine rings is 1. The number of hydrogen-bond acceptors (Lipinski definition) is 3. The fourth-order valence-corrected chi connectivity index (χ4v) is 3.47. The number of carbonyl (C=O) groups excluding carboxylic acids is 1. The molecule has 4 nitrogen and oxygen atoms in total. The van der Waals surface area contributed by atoms with Crippen molar-refractivity contribution in [2.45, 2.75) is 45.8 Å². The van der Waals surface area contributed by atoms with E-state index < -0.39 is 0 Å². The molecule has 1 aliphatic rings. The van der Waals surface area contributed by atoms with Gasteiger partial charge in [0.2, 0.25) is 0 Å². The maximum atomic E-state index is 12.2. The number of amides is 2. The largest absolute Gasteiger partial charge is 0.393 e. The maximum absolute atomic E-state index is 12.2. The molecule has 2 amide bonds. The van der Waals surface area contributed by atoms with Gasteiger partial charge >= 0.3 is 6.03 Å². The number of aliphatic hydroxyl groups is 1. The van der Waals surface area contributed by atoms with Crippen molar-refractivity contribution in [3.05, 3.63) is 21.9 Å². The molecule has 0 bridgehead atoms. The van der Waals surface area contributed by atoms with Gasteiger partial charge in [-0.05, 0) is 38.3 Å². The van der Waals surface area contributed by atoms with Crippen LogP contribution in [0.1, 0.15) is 36.4 Å². The zero-order chi connectivity index (χ0) is 14.5. The monoisotopic (exact) mass is 296 g/mol. The summed E-state index contributed by atoms with van der Waals surface area (Å²) in [5.74, 6) is 0.211. The van der Waals surface area contributed by atoms with Gasteiger partial charge in [-0.15, -0.1) is 11.3 Å². The lowest BCUT2D eigenvalue weighted by atomic mass is 9.94. The highest BCUT2D eigenvalue weighted by Crippen LogP contribution is 2.20. The Morgan fingerprint density at radius 1 is 1.55 bits per heavy atom. The Labute approximate surface area is 124 Å². The summed E-state index contributed by atoms with van der Waals surface area (Å²) in [6, 6.07) is 4.19. The predicted octanol–water partition coefficient (Wildman–Crippen LogP) is 2.61. The van der Waals surface area contributed by atoms with Crippen molar-refractivity contribution in [3.8, 4) is 0 Å². The predicted molar refractivity (Wildman–Crippen MR) is 81.9 cm³/mol. The minimum atomic E-state index is -0.338. The maximum Gasteiger partial charge on any atom is 0.317 e. The number of hydrogen-bond donors (Lipinski definition) is 2. The lowest BCUT2D eigenvalue weighted by Gasteiger charge is -2.34. The Balaban J connectivity index is 1.82. The first kappa shape index (κ1) is 15.3. The topological polar surface area (TPSA) is 52.6 Å². The molecule has 1 aromatic heterocycles. The van der Waals surface area contributed by atoms with E-state index in [4.69, 9.17) is 0 Å². The average molecular weight is 296 g/mol. The third-order valence-electron chi connectivity index (χ3n) is 3.91. The highest BCUT2D eigenvalue weighted by Gasteiger charge is 2.26. The van der Waals surface area contributed by atoms with Gasteiger partial charge in [0.25, 0.3) is 0 Å². The zero-order valence-electron chi connectivity index (χ0n) is 12.3. The Morgan fingerprint density at radius 2 is 2.30 bits per heavy atom. The summed E-state index contributed by atoms with van der Waals surface area (Å²) < 4.78 is 0. The summed E-state index contributed by atoms with van der Waals surface area (Å²) in [5, 5.41) is 12.6. The number of thiophene rings is 1. The summed E-state index contributed by atoms with van der Waals surface area (Å²) >= 11 is 1.75. The second-order valence-corrected chi connectivity index (χ2v) is 6.72. The van der Waals surface area contributed by atoms with Gasteiger partial charge in [-0.25, -0.2) is 4.79 Å². The zero-order valence-corrected chi connectivity index (χ0v) is 13.1. The molecule has 1 aliphatic heterocycles. The molecule has 2 unspecified atom stereocenters. The van der Waals surface area contributed by atoms with Crippen LogP contribution in [0.2, 0.25) is 0 Å². The molecule has 0 saturated carbocycles. The SMILES string of the molecule is CCc1ccc(CNC(=O)N2CCCC(C(C)O)C2)s1. The number of aliphatic hydroxyl groups excluding tert-OH is 1. The Bertz CT molecular complexity index is 445. The van der Waals surface area contributed by atoms with Crippen LogP contribution in [-0.2, 0) is 13.0 Å². The molecule has 1 fully saturated rings. The minimum Gasteiger partial charge on any atom is -0.393 e. The molecule has 0 aromatic carbocycles. The number of aryl methyl sites for hydroxylation is 1. The van der Waals surface area contributed by atoms with Gasteiger partial charge in [-0.3, -0.25) is 0 Å². The number of carbonyl (C=O) groups is 1. The molecular weight excluding hydrogens is 272 g/mol. The van der Waals surface area contributed by atoms with Gasteiger partial charge < -0.3 is 15.3 Å². The molecule has 2 N–H and O–H groups in total.